The lowest BCUT2D eigenvalue weighted by Gasteiger charge is -2.14. The zero-order valence-corrected chi connectivity index (χ0v) is 11.8. The Hall–Kier alpha value is -1.10. The van der Waals surface area contributed by atoms with Crippen LogP contribution in [0.4, 0.5) is 4.39 Å². The highest BCUT2D eigenvalue weighted by Gasteiger charge is 2.20. The third-order valence-corrected chi connectivity index (χ3v) is 3.37. The van der Waals surface area contributed by atoms with Gasteiger partial charge in [0.25, 0.3) is 0 Å². The number of aliphatic hydroxyl groups excluding tert-OH is 1. The number of halogens is 3. The number of hydrogen-bond acceptors (Lipinski definition) is 2. The van der Waals surface area contributed by atoms with Gasteiger partial charge in [0.15, 0.2) is 0 Å². The Morgan fingerprint density at radius 2 is 2.11 bits per heavy atom. The van der Waals surface area contributed by atoms with E-state index in [1.165, 1.54) is 24.4 Å². The van der Waals surface area contributed by atoms with Crippen LogP contribution in [0.1, 0.15) is 30.7 Å². The van der Waals surface area contributed by atoms with Crippen molar-refractivity contribution in [1.29, 1.82) is 0 Å². The first-order valence-electron chi connectivity index (χ1n) is 5.88. The lowest BCUT2D eigenvalue weighted by atomic mass is 10.1. The standard InChI is InChI=1S/C13H13Cl2FN2O/c1-2-5-18-12(10(15)7-17-18)13(19)8-3-4-11(16)9(14)6-8/h3-4,6-7,13,19H,2,5H2,1H3. The molecule has 0 saturated heterocycles. The Labute approximate surface area is 120 Å². The Balaban J connectivity index is 2.40. The molecule has 0 amide bonds. The lowest BCUT2D eigenvalue weighted by molar-refractivity contribution is 0.207. The summed E-state index contributed by atoms with van der Waals surface area (Å²) >= 11 is 11.8. The molecule has 0 fully saturated rings. The molecule has 1 heterocycles. The second-order valence-electron chi connectivity index (χ2n) is 4.18. The average molecular weight is 303 g/mol. The Morgan fingerprint density at radius 1 is 1.37 bits per heavy atom. The molecule has 0 aliphatic rings. The Kier molecular flexibility index (Phi) is 4.45. The maximum absolute atomic E-state index is 13.1. The van der Waals surface area contributed by atoms with Crippen molar-refractivity contribution in [3.05, 3.63) is 51.5 Å². The highest BCUT2D eigenvalue weighted by molar-refractivity contribution is 6.31. The first-order valence-corrected chi connectivity index (χ1v) is 6.64. The van der Waals surface area contributed by atoms with E-state index in [0.717, 1.165) is 6.42 Å². The third-order valence-electron chi connectivity index (χ3n) is 2.79. The minimum atomic E-state index is -0.986. The molecule has 1 aromatic heterocycles. The van der Waals surface area contributed by atoms with Gasteiger partial charge in [-0.2, -0.15) is 5.10 Å². The second kappa shape index (κ2) is 5.90. The molecule has 1 unspecified atom stereocenters. The van der Waals surface area contributed by atoms with E-state index in [9.17, 15) is 9.50 Å². The second-order valence-corrected chi connectivity index (χ2v) is 4.99. The fourth-order valence-corrected chi connectivity index (χ4v) is 2.31. The van der Waals surface area contributed by atoms with Crippen molar-refractivity contribution in [3.8, 4) is 0 Å². The summed E-state index contributed by atoms with van der Waals surface area (Å²) in [7, 11) is 0. The SMILES string of the molecule is CCCn1ncc(Cl)c1C(O)c1ccc(F)c(Cl)c1. The molecule has 3 nitrogen and oxygen atoms in total. The smallest absolute Gasteiger partial charge is 0.141 e. The summed E-state index contributed by atoms with van der Waals surface area (Å²) in [5.74, 6) is -0.522. The number of hydrogen-bond donors (Lipinski definition) is 1. The van der Waals surface area contributed by atoms with Crippen LogP contribution in [-0.4, -0.2) is 14.9 Å². The number of nitrogens with zero attached hydrogens (tertiary/aromatic N) is 2. The van der Waals surface area contributed by atoms with Crippen LogP contribution in [0.3, 0.4) is 0 Å². The van der Waals surface area contributed by atoms with E-state index in [0.29, 0.717) is 22.8 Å². The highest BCUT2D eigenvalue weighted by atomic mass is 35.5. The van der Waals surface area contributed by atoms with Crippen LogP contribution in [0.2, 0.25) is 10.0 Å². The predicted octanol–water partition coefficient (Wildman–Crippen LogP) is 3.82. The van der Waals surface area contributed by atoms with Crippen LogP contribution in [-0.2, 0) is 6.54 Å². The molecule has 1 atom stereocenters. The zero-order chi connectivity index (χ0) is 14.0. The summed E-state index contributed by atoms with van der Waals surface area (Å²) < 4.78 is 14.8. The molecule has 2 rings (SSSR count). The highest BCUT2D eigenvalue weighted by Crippen LogP contribution is 2.30. The van der Waals surface area contributed by atoms with Gasteiger partial charge in [-0.15, -0.1) is 0 Å². The zero-order valence-electron chi connectivity index (χ0n) is 10.3. The van der Waals surface area contributed by atoms with Crippen LogP contribution >= 0.6 is 23.2 Å². The summed E-state index contributed by atoms with van der Waals surface area (Å²) in [6.07, 6.45) is 1.36. The number of aromatic nitrogens is 2. The van der Waals surface area contributed by atoms with Crippen molar-refractivity contribution < 1.29 is 9.50 Å². The monoisotopic (exact) mass is 302 g/mol. The van der Waals surface area contributed by atoms with E-state index in [2.05, 4.69) is 5.10 Å². The maximum atomic E-state index is 13.1. The third kappa shape index (κ3) is 2.91. The number of aliphatic hydroxyl groups is 1. The summed E-state index contributed by atoms with van der Waals surface area (Å²) in [6.45, 7) is 2.65. The van der Waals surface area contributed by atoms with Crippen molar-refractivity contribution >= 4 is 23.2 Å². The van der Waals surface area contributed by atoms with Gasteiger partial charge in [-0.1, -0.05) is 36.2 Å². The van der Waals surface area contributed by atoms with Crippen molar-refractivity contribution in [3.63, 3.8) is 0 Å². The van der Waals surface area contributed by atoms with Gasteiger partial charge in [-0.25, -0.2) is 4.39 Å². The van der Waals surface area contributed by atoms with Crippen LogP contribution in [0.5, 0.6) is 0 Å². The minimum Gasteiger partial charge on any atom is -0.382 e. The fourth-order valence-electron chi connectivity index (χ4n) is 1.87. The molecule has 0 aliphatic heterocycles. The molecule has 0 spiro atoms. The topological polar surface area (TPSA) is 38.0 Å². The Bertz CT molecular complexity index is 586. The van der Waals surface area contributed by atoms with E-state index in [1.54, 1.807) is 4.68 Å². The molecular weight excluding hydrogens is 290 g/mol. The van der Waals surface area contributed by atoms with Crippen molar-refractivity contribution in [2.45, 2.75) is 26.0 Å². The number of aryl methyl sites for hydroxylation is 1. The van der Waals surface area contributed by atoms with E-state index in [-0.39, 0.29) is 5.02 Å². The Morgan fingerprint density at radius 3 is 2.74 bits per heavy atom. The van der Waals surface area contributed by atoms with E-state index < -0.39 is 11.9 Å². The molecule has 0 saturated carbocycles. The summed E-state index contributed by atoms with van der Waals surface area (Å²) in [5.41, 5.74) is 0.970. The molecular formula is C13H13Cl2FN2O. The first-order chi connectivity index (χ1) is 9.04. The van der Waals surface area contributed by atoms with Crippen LogP contribution in [0.25, 0.3) is 0 Å². The van der Waals surface area contributed by atoms with Gasteiger partial charge < -0.3 is 5.11 Å². The van der Waals surface area contributed by atoms with E-state index in [1.807, 2.05) is 6.92 Å². The predicted molar refractivity (Wildman–Crippen MR) is 73.0 cm³/mol. The van der Waals surface area contributed by atoms with Gasteiger partial charge >= 0.3 is 0 Å². The molecule has 102 valence electrons. The lowest BCUT2D eigenvalue weighted by Crippen LogP contribution is -2.10. The largest absolute Gasteiger partial charge is 0.382 e. The van der Waals surface area contributed by atoms with Crippen LogP contribution in [0, 0.1) is 5.82 Å². The van der Waals surface area contributed by atoms with Crippen molar-refractivity contribution in [1.82, 2.24) is 9.78 Å². The molecule has 0 radical (unpaired) electrons. The molecule has 19 heavy (non-hydrogen) atoms. The molecule has 6 heteroatoms. The van der Waals surface area contributed by atoms with Crippen molar-refractivity contribution in [2.24, 2.45) is 0 Å². The molecule has 0 bridgehead atoms. The van der Waals surface area contributed by atoms with Gasteiger partial charge in [0.1, 0.15) is 11.9 Å². The summed E-state index contributed by atoms with van der Waals surface area (Å²) in [6, 6.07) is 4.09. The van der Waals surface area contributed by atoms with Gasteiger partial charge in [0, 0.05) is 6.54 Å². The van der Waals surface area contributed by atoms with E-state index >= 15 is 0 Å². The summed E-state index contributed by atoms with van der Waals surface area (Å²) in [5, 5.41) is 14.8. The van der Waals surface area contributed by atoms with Gasteiger partial charge in [0.05, 0.1) is 21.9 Å². The van der Waals surface area contributed by atoms with Gasteiger partial charge in [-0.3, -0.25) is 4.68 Å². The summed E-state index contributed by atoms with van der Waals surface area (Å²) in [4.78, 5) is 0. The molecule has 2 aromatic rings. The normalized spacial score (nSPS) is 12.7. The van der Waals surface area contributed by atoms with Crippen LogP contribution in [0.15, 0.2) is 24.4 Å². The van der Waals surface area contributed by atoms with E-state index in [4.69, 9.17) is 23.2 Å². The van der Waals surface area contributed by atoms with Crippen LogP contribution < -0.4 is 0 Å². The molecule has 1 N–H and O–H groups in total. The minimum absolute atomic E-state index is 0.0331. The van der Waals surface area contributed by atoms with Gasteiger partial charge in [-0.05, 0) is 24.1 Å². The first kappa shape index (κ1) is 14.3. The van der Waals surface area contributed by atoms with Crippen molar-refractivity contribution in [2.75, 3.05) is 0 Å². The molecule has 1 aromatic carbocycles. The molecule has 0 aliphatic carbocycles. The maximum Gasteiger partial charge on any atom is 0.141 e. The van der Waals surface area contributed by atoms with Gasteiger partial charge in [0.2, 0.25) is 0 Å². The average Bonchev–Trinajstić information content (AvgIpc) is 2.74. The quantitative estimate of drug-likeness (QED) is 0.932. The number of benzene rings is 1. The number of rotatable bonds is 4. The fraction of sp³-hybridized carbons (Fsp3) is 0.308.